The summed E-state index contributed by atoms with van der Waals surface area (Å²) in [6.07, 6.45) is 5.07. The van der Waals surface area contributed by atoms with E-state index in [0.717, 1.165) is 5.56 Å². The van der Waals surface area contributed by atoms with E-state index in [-0.39, 0.29) is 10.7 Å². The Morgan fingerprint density at radius 1 is 0.750 bits per heavy atom. The van der Waals surface area contributed by atoms with Crippen LogP contribution >= 0.6 is 12.2 Å². The van der Waals surface area contributed by atoms with Gasteiger partial charge < -0.3 is 4.74 Å². The second-order valence-electron chi connectivity index (χ2n) is 6.95. The number of ether oxygens (including phenoxy) is 1. The largest absolute Gasteiger partial charge is 0.497 e. The van der Waals surface area contributed by atoms with E-state index in [4.69, 9.17) is 17.0 Å². The predicted molar refractivity (Wildman–Crippen MR) is 131 cm³/mol. The SMILES string of the molecule is COc1ccc(N2C(=O)/C(=C/C=C/c3ccccc3)C(=O)N(c3ccccc3)C2=S)cc1. The van der Waals surface area contributed by atoms with Gasteiger partial charge in [0.15, 0.2) is 5.11 Å². The van der Waals surface area contributed by atoms with Gasteiger partial charge in [-0.05, 0) is 60.3 Å². The van der Waals surface area contributed by atoms with E-state index in [0.29, 0.717) is 17.1 Å². The first kappa shape index (κ1) is 21.2. The number of anilines is 2. The summed E-state index contributed by atoms with van der Waals surface area (Å²) in [7, 11) is 1.57. The van der Waals surface area contributed by atoms with Crippen LogP contribution < -0.4 is 14.5 Å². The van der Waals surface area contributed by atoms with Crippen LogP contribution in [0.2, 0.25) is 0 Å². The van der Waals surface area contributed by atoms with Crippen molar-refractivity contribution >= 4 is 46.6 Å². The Hall–Kier alpha value is -4.03. The number of methoxy groups -OCH3 is 1. The van der Waals surface area contributed by atoms with Crippen molar-refractivity contribution in [3.63, 3.8) is 0 Å². The maximum atomic E-state index is 13.4. The topological polar surface area (TPSA) is 49.9 Å². The highest BCUT2D eigenvalue weighted by Gasteiger charge is 2.40. The van der Waals surface area contributed by atoms with Crippen LogP contribution in [-0.4, -0.2) is 24.0 Å². The fourth-order valence-electron chi connectivity index (χ4n) is 3.33. The van der Waals surface area contributed by atoms with Crippen molar-refractivity contribution < 1.29 is 14.3 Å². The smallest absolute Gasteiger partial charge is 0.270 e. The molecule has 1 fully saturated rings. The standard InChI is InChI=1S/C26H20N2O3S/c1-31-22-17-15-21(16-18-22)28-25(30)23(14-8-11-19-9-4-2-5-10-19)24(29)27(26(28)32)20-12-6-3-7-13-20/h2-18H,1H3/b11-8+,23-14+. The normalized spacial score (nSPS) is 15.7. The number of allylic oxidation sites excluding steroid dienone is 2. The average Bonchev–Trinajstić information content (AvgIpc) is 2.83. The van der Waals surface area contributed by atoms with Crippen LogP contribution in [0.4, 0.5) is 11.4 Å². The first-order valence-electron chi connectivity index (χ1n) is 9.95. The second-order valence-corrected chi connectivity index (χ2v) is 7.31. The van der Waals surface area contributed by atoms with E-state index >= 15 is 0 Å². The van der Waals surface area contributed by atoms with Crippen molar-refractivity contribution in [3.8, 4) is 5.75 Å². The molecule has 158 valence electrons. The Balaban J connectivity index is 1.77. The van der Waals surface area contributed by atoms with E-state index in [1.54, 1.807) is 49.6 Å². The summed E-state index contributed by atoms with van der Waals surface area (Å²) in [4.78, 5) is 29.5. The minimum atomic E-state index is -0.477. The van der Waals surface area contributed by atoms with Gasteiger partial charge in [0.05, 0.1) is 18.5 Å². The Morgan fingerprint density at radius 2 is 1.28 bits per heavy atom. The number of carbonyl (C=O) groups is 2. The second kappa shape index (κ2) is 9.41. The van der Waals surface area contributed by atoms with Crippen LogP contribution in [0.25, 0.3) is 6.08 Å². The van der Waals surface area contributed by atoms with Gasteiger partial charge in [0.25, 0.3) is 11.8 Å². The van der Waals surface area contributed by atoms with Crippen molar-refractivity contribution in [1.29, 1.82) is 0 Å². The molecule has 6 heteroatoms. The van der Waals surface area contributed by atoms with Crippen molar-refractivity contribution in [2.45, 2.75) is 0 Å². The quantitative estimate of drug-likeness (QED) is 0.318. The molecule has 3 aromatic carbocycles. The van der Waals surface area contributed by atoms with Gasteiger partial charge in [-0.1, -0.05) is 60.7 Å². The summed E-state index contributed by atoms with van der Waals surface area (Å²) < 4.78 is 5.21. The number of benzene rings is 3. The molecular weight excluding hydrogens is 420 g/mol. The maximum Gasteiger partial charge on any atom is 0.270 e. The maximum absolute atomic E-state index is 13.4. The highest BCUT2D eigenvalue weighted by atomic mass is 32.1. The average molecular weight is 441 g/mol. The molecule has 0 spiro atoms. The Bertz CT molecular complexity index is 1200. The molecule has 5 nitrogen and oxygen atoms in total. The fraction of sp³-hybridized carbons (Fsp3) is 0.0385. The summed E-state index contributed by atoms with van der Waals surface area (Å²) in [6, 6.07) is 25.7. The van der Waals surface area contributed by atoms with E-state index in [2.05, 4.69) is 0 Å². The van der Waals surface area contributed by atoms with Gasteiger partial charge in [-0.25, -0.2) is 0 Å². The van der Waals surface area contributed by atoms with Crippen molar-refractivity contribution in [2.75, 3.05) is 16.9 Å². The number of amides is 2. The van der Waals surface area contributed by atoms with Gasteiger partial charge in [0.2, 0.25) is 0 Å². The number of rotatable bonds is 5. The molecule has 1 saturated heterocycles. The van der Waals surface area contributed by atoms with Gasteiger partial charge in [0, 0.05) is 0 Å². The molecule has 3 aromatic rings. The Kier molecular flexibility index (Phi) is 6.24. The van der Waals surface area contributed by atoms with Gasteiger partial charge >= 0.3 is 0 Å². The predicted octanol–water partition coefficient (Wildman–Crippen LogP) is 5.00. The van der Waals surface area contributed by atoms with Crippen molar-refractivity contribution in [2.24, 2.45) is 0 Å². The van der Waals surface area contributed by atoms with E-state index in [1.807, 2.05) is 54.6 Å². The van der Waals surface area contributed by atoms with E-state index < -0.39 is 11.8 Å². The van der Waals surface area contributed by atoms with Gasteiger partial charge in [-0.3, -0.25) is 19.4 Å². The summed E-state index contributed by atoms with van der Waals surface area (Å²) in [6.45, 7) is 0. The Morgan fingerprint density at radius 3 is 1.84 bits per heavy atom. The van der Waals surface area contributed by atoms with Crippen molar-refractivity contribution in [3.05, 3.63) is 108 Å². The lowest BCUT2D eigenvalue weighted by Crippen LogP contribution is -2.57. The van der Waals surface area contributed by atoms with Crippen LogP contribution in [0, 0.1) is 0 Å². The number of hydrogen-bond donors (Lipinski definition) is 0. The Labute approximate surface area is 191 Å². The lowest BCUT2D eigenvalue weighted by Gasteiger charge is -2.36. The van der Waals surface area contributed by atoms with Crippen LogP contribution in [0.15, 0.2) is 103 Å². The molecule has 0 aromatic heterocycles. The molecule has 0 saturated carbocycles. The van der Waals surface area contributed by atoms with Gasteiger partial charge in [-0.15, -0.1) is 0 Å². The molecule has 1 aliphatic rings. The molecule has 0 radical (unpaired) electrons. The molecular formula is C26H20N2O3S. The fourth-order valence-corrected chi connectivity index (χ4v) is 3.71. The molecule has 0 aliphatic carbocycles. The van der Waals surface area contributed by atoms with Crippen LogP contribution in [-0.2, 0) is 9.59 Å². The molecule has 1 heterocycles. The first-order chi connectivity index (χ1) is 15.6. The highest BCUT2D eigenvalue weighted by molar-refractivity contribution is 7.81. The van der Waals surface area contributed by atoms with Gasteiger partial charge in [-0.2, -0.15) is 0 Å². The summed E-state index contributed by atoms with van der Waals surface area (Å²) in [5.74, 6) is -0.287. The molecule has 32 heavy (non-hydrogen) atoms. The zero-order valence-electron chi connectivity index (χ0n) is 17.3. The zero-order valence-corrected chi connectivity index (χ0v) is 18.2. The zero-order chi connectivity index (χ0) is 22.5. The number of carbonyl (C=O) groups excluding carboxylic acids is 2. The van der Waals surface area contributed by atoms with Crippen LogP contribution in [0.3, 0.4) is 0 Å². The monoisotopic (exact) mass is 440 g/mol. The van der Waals surface area contributed by atoms with E-state index in [9.17, 15) is 9.59 Å². The van der Waals surface area contributed by atoms with Gasteiger partial charge in [0.1, 0.15) is 11.3 Å². The van der Waals surface area contributed by atoms with E-state index in [1.165, 1.54) is 15.9 Å². The van der Waals surface area contributed by atoms with Crippen molar-refractivity contribution in [1.82, 2.24) is 0 Å². The highest BCUT2D eigenvalue weighted by Crippen LogP contribution is 2.30. The lowest BCUT2D eigenvalue weighted by atomic mass is 10.1. The molecule has 2 amide bonds. The van der Waals surface area contributed by atoms with Crippen LogP contribution in [0.1, 0.15) is 5.56 Å². The molecule has 0 N–H and O–H groups in total. The first-order valence-corrected chi connectivity index (χ1v) is 10.4. The minimum Gasteiger partial charge on any atom is -0.497 e. The molecule has 4 rings (SSSR count). The third-order valence-electron chi connectivity index (χ3n) is 4.95. The third kappa shape index (κ3) is 4.22. The summed E-state index contributed by atoms with van der Waals surface area (Å²) in [5.41, 5.74) is 2.12. The molecule has 0 bridgehead atoms. The third-order valence-corrected chi connectivity index (χ3v) is 5.31. The molecule has 1 aliphatic heterocycles. The summed E-state index contributed by atoms with van der Waals surface area (Å²) in [5, 5.41) is 0.0977. The minimum absolute atomic E-state index is 0.0189. The number of hydrogen-bond acceptors (Lipinski definition) is 4. The number of thiocarbonyl (C=S) groups is 1. The van der Waals surface area contributed by atoms with Crippen LogP contribution in [0.5, 0.6) is 5.75 Å². The number of nitrogens with zero attached hydrogens (tertiary/aromatic N) is 2. The number of para-hydroxylation sites is 1. The summed E-state index contributed by atoms with van der Waals surface area (Å²) >= 11 is 5.60. The molecule has 0 atom stereocenters. The lowest BCUT2D eigenvalue weighted by molar-refractivity contribution is -0.120. The molecule has 0 unspecified atom stereocenters.